The van der Waals surface area contributed by atoms with E-state index < -0.39 is 0 Å². The summed E-state index contributed by atoms with van der Waals surface area (Å²) in [5, 5.41) is 39.4. The van der Waals surface area contributed by atoms with Crippen LogP contribution in [-0.2, 0) is 4.79 Å². The molecule has 0 fully saturated rings. The van der Waals surface area contributed by atoms with Gasteiger partial charge in [-0.15, -0.1) is 10.2 Å². The van der Waals surface area contributed by atoms with Gasteiger partial charge in [-0.3, -0.25) is 4.79 Å². The number of hydrogen-bond donors (Lipinski definition) is 3. The van der Waals surface area contributed by atoms with E-state index in [0.717, 1.165) is 17.2 Å². The highest BCUT2D eigenvalue weighted by Crippen LogP contribution is 2.34. The second-order valence-corrected chi connectivity index (χ2v) is 7.29. The minimum absolute atomic E-state index is 0.0726. The highest BCUT2D eigenvalue weighted by atomic mass is 32.1. The largest absolute Gasteiger partial charge is 0.395 e. The number of hydrogen-bond acceptors (Lipinski definition) is 9. The van der Waals surface area contributed by atoms with Crippen molar-refractivity contribution < 1.29 is 15.0 Å². The Bertz CT molecular complexity index is 913. The van der Waals surface area contributed by atoms with E-state index in [9.17, 15) is 20.3 Å². The number of benzene rings is 1. The first kappa shape index (κ1) is 22.4. The van der Waals surface area contributed by atoms with Gasteiger partial charge >= 0.3 is 0 Å². The second-order valence-electron chi connectivity index (χ2n) is 6.54. The van der Waals surface area contributed by atoms with Gasteiger partial charge in [0.05, 0.1) is 24.6 Å². The van der Waals surface area contributed by atoms with Crippen molar-refractivity contribution in [3.63, 3.8) is 0 Å². The van der Waals surface area contributed by atoms with E-state index >= 15 is 0 Å². The molecule has 9 nitrogen and oxygen atoms in total. The maximum Gasteiger partial charge on any atom is 0.226 e. The maximum atomic E-state index is 12.2. The maximum absolute atomic E-state index is 12.2. The van der Waals surface area contributed by atoms with Gasteiger partial charge in [0.2, 0.25) is 5.91 Å². The minimum Gasteiger partial charge on any atom is -0.395 e. The molecule has 0 radical (unpaired) electrons. The van der Waals surface area contributed by atoms with Crippen LogP contribution in [0.4, 0.5) is 22.1 Å². The van der Waals surface area contributed by atoms with Gasteiger partial charge in [-0.1, -0.05) is 13.8 Å². The Labute approximate surface area is 173 Å². The third-order valence-electron chi connectivity index (χ3n) is 4.07. The molecule has 0 atom stereocenters. The van der Waals surface area contributed by atoms with E-state index in [4.69, 9.17) is 0 Å². The van der Waals surface area contributed by atoms with Crippen LogP contribution in [0.1, 0.15) is 25.1 Å². The summed E-state index contributed by atoms with van der Waals surface area (Å²) < 4.78 is 4.11. The lowest BCUT2D eigenvalue weighted by Crippen LogP contribution is -2.29. The van der Waals surface area contributed by atoms with Crippen LogP contribution in [0.2, 0.25) is 0 Å². The SMILES string of the molecule is Cc1nsc(N=Nc2ccc(N(CCO)CCO)cc2NC(=O)C(C)C)c1C#N. The Morgan fingerprint density at radius 1 is 1.31 bits per heavy atom. The van der Waals surface area contributed by atoms with Crippen LogP contribution >= 0.6 is 11.5 Å². The number of aryl methyl sites for hydroxylation is 1. The normalized spacial score (nSPS) is 11.1. The van der Waals surface area contributed by atoms with Crippen molar-refractivity contribution in [2.75, 3.05) is 36.5 Å². The lowest BCUT2D eigenvalue weighted by atomic mass is 10.1. The molecule has 10 heteroatoms. The van der Waals surface area contributed by atoms with Crippen molar-refractivity contribution in [2.45, 2.75) is 20.8 Å². The molecule has 0 bridgehead atoms. The van der Waals surface area contributed by atoms with Gasteiger partial charge in [-0.2, -0.15) is 9.64 Å². The monoisotopic (exact) mass is 416 g/mol. The topological polar surface area (TPSA) is 134 Å². The molecule has 1 aromatic heterocycles. The van der Waals surface area contributed by atoms with Gasteiger partial charge in [0.25, 0.3) is 0 Å². The summed E-state index contributed by atoms with van der Waals surface area (Å²) in [6, 6.07) is 7.25. The van der Waals surface area contributed by atoms with E-state index in [1.54, 1.807) is 43.9 Å². The third kappa shape index (κ3) is 5.80. The summed E-state index contributed by atoms with van der Waals surface area (Å²) in [4.78, 5) is 14.0. The van der Waals surface area contributed by atoms with Crippen LogP contribution < -0.4 is 10.2 Å². The van der Waals surface area contributed by atoms with Crippen molar-refractivity contribution in [1.29, 1.82) is 5.26 Å². The van der Waals surface area contributed by atoms with Gasteiger partial charge in [-0.25, -0.2) is 0 Å². The highest BCUT2D eigenvalue weighted by molar-refractivity contribution is 7.10. The molecule has 29 heavy (non-hydrogen) atoms. The molecule has 0 saturated carbocycles. The van der Waals surface area contributed by atoms with Crippen molar-refractivity contribution in [3.8, 4) is 6.07 Å². The summed E-state index contributed by atoms with van der Waals surface area (Å²) in [5.41, 5.74) is 2.56. The number of nitriles is 1. The fourth-order valence-corrected chi connectivity index (χ4v) is 3.13. The zero-order valence-corrected chi connectivity index (χ0v) is 17.4. The number of amides is 1. The Morgan fingerprint density at radius 2 is 2.00 bits per heavy atom. The lowest BCUT2D eigenvalue weighted by molar-refractivity contribution is -0.118. The molecule has 1 amide bonds. The average Bonchev–Trinajstić information content (AvgIpc) is 3.06. The number of nitrogens with one attached hydrogen (secondary N) is 1. The Kier molecular flexibility index (Phi) is 8.21. The van der Waals surface area contributed by atoms with Crippen LogP contribution in [0.5, 0.6) is 0 Å². The smallest absolute Gasteiger partial charge is 0.226 e. The number of carbonyl (C=O) groups excluding carboxylic acids is 1. The number of rotatable bonds is 9. The zero-order chi connectivity index (χ0) is 21.4. The van der Waals surface area contributed by atoms with Crippen LogP contribution in [0.15, 0.2) is 28.4 Å². The summed E-state index contributed by atoms with van der Waals surface area (Å²) in [6.45, 7) is 5.82. The first-order chi connectivity index (χ1) is 13.9. The lowest BCUT2D eigenvalue weighted by Gasteiger charge is -2.24. The predicted octanol–water partition coefficient (Wildman–Crippen LogP) is 3.12. The predicted molar refractivity (Wildman–Crippen MR) is 112 cm³/mol. The molecule has 0 spiro atoms. The summed E-state index contributed by atoms with van der Waals surface area (Å²) in [7, 11) is 0. The first-order valence-electron chi connectivity index (χ1n) is 9.11. The number of aliphatic hydroxyl groups excluding tert-OH is 2. The third-order valence-corrected chi connectivity index (χ3v) is 4.90. The van der Waals surface area contributed by atoms with Crippen LogP contribution in [0, 0.1) is 24.2 Å². The number of anilines is 2. The number of carbonyl (C=O) groups is 1. The van der Waals surface area contributed by atoms with E-state index in [0.29, 0.717) is 40.7 Å². The Morgan fingerprint density at radius 3 is 2.59 bits per heavy atom. The molecule has 0 unspecified atom stereocenters. The van der Waals surface area contributed by atoms with Crippen LogP contribution in [0.3, 0.4) is 0 Å². The number of aromatic nitrogens is 1. The number of nitrogens with zero attached hydrogens (tertiary/aromatic N) is 5. The molecule has 0 aliphatic rings. The molecular weight excluding hydrogens is 392 g/mol. The van der Waals surface area contributed by atoms with Crippen molar-refractivity contribution in [1.82, 2.24) is 4.37 Å². The quantitative estimate of drug-likeness (QED) is 0.538. The minimum atomic E-state index is -0.233. The van der Waals surface area contributed by atoms with Gasteiger partial charge < -0.3 is 20.4 Å². The van der Waals surface area contributed by atoms with Crippen LogP contribution in [-0.4, -0.2) is 46.8 Å². The summed E-state index contributed by atoms with van der Waals surface area (Å²) >= 11 is 1.08. The zero-order valence-electron chi connectivity index (χ0n) is 16.6. The Balaban J connectivity index is 2.42. The van der Waals surface area contributed by atoms with Crippen molar-refractivity contribution in [3.05, 3.63) is 29.5 Å². The molecule has 3 N–H and O–H groups in total. The van der Waals surface area contributed by atoms with Crippen molar-refractivity contribution in [2.24, 2.45) is 16.1 Å². The van der Waals surface area contributed by atoms with Gasteiger partial charge in [0.1, 0.15) is 17.3 Å². The fourth-order valence-electron chi connectivity index (χ4n) is 2.45. The van der Waals surface area contributed by atoms with E-state index in [1.807, 2.05) is 0 Å². The standard InChI is InChI=1S/C19H24N6O3S/c1-12(2)18(28)21-17-10-14(25(6-8-26)7-9-27)4-5-16(17)22-23-19-15(11-20)13(3)24-29-19/h4-5,10,12,26-27H,6-9H2,1-3H3,(H,21,28). The molecule has 0 aliphatic carbocycles. The van der Waals surface area contributed by atoms with Gasteiger partial charge in [0, 0.05) is 24.7 Å². The van der Waals surface area contributed by atoms with E-state index in [2.05, 4.69) is 26.0 Å². The molecule has 2 rings (SSSR count). The fraction of sp³-hybridized carbons (Fsp3) is 0.421. The highest BCUT2D eigenvalue weighted by Gasteiger charge is 2.15. The summed E-state index contributed by atoms with van der Waals surface area (Å²) in [6.07, 6.45) is 0. The van der Waals surface area contributed by atoms with E-state index in [-0.39, 0.29) is 25.0 Å². The number of aliphatic hydroxyl groups is 2. The molecule has 2 aromatic rings. The first-order valence-corrected chi connectivity index (χ1v) is 9.88. The molecule has 0 saturated heterocycles. The van der Waals surface area contributed by atoms with Crippen LogP contribution in [0.25, 0.3) is 0 Å². The second kappa shape index (κ2) is 10.6. The molecule has 1 heterocycles. The number of azo groups is 1. The average molecular weight is 417 g/mol. The molecule has 0 aliphatic heterocycles. The molecule has 154 valence electrons. The van der Waals surface area contributed by atoms with Gasteiger partial charge in [-0.05, 0) is 36.7 Å². The van der Waals surface area contributed by atoms with Crippen molar-refractivity contribution >= 4 is 39.5 Å². The molecule has 1 aromatic carbocycles. The summed E-state index contributed by atoms with van der Waals surface area (Å²) in [5.74, 6) is -0.412. The Hall–Kier alpha value is -2.87. The van der Waals surface area contributed by atoms with E-state index in [1.165, 1.54) is 0 Å². The van der Waals surface area contributed by atoms with Gasteiger partial charge in [0.15, 0.2) is 5.00 Å². The molecular formula is C19H24N6O3S.